The second kappa shape index (κ2) is 6.23. The molecule has 3 rings (SSSR count). The number of carbonyl (C=O) groups is 1. The molecule has 1 aliphatic carbocycles. The van der Waals surface area contributed by atoms with Crippen LogP contribution in [-0.2, 0) is 9.53 Å². The molecule has 0 aromatic rings. The minimum atomic E-state index is 0.385. The van der Waals surface area contributed by atoms with Crippen molar-refractivity contribution in [2.24, 2.45) is 11.8 Å². The molecule has 0 spiro atoms. The van der Waals surface area contributed by atoms with Gasteiger partial charge in [0.05, 0.1) is 13.2 Å². The topological polar surface area (TPSA) is 32.8 Å². The molecule has 108 valence electrons. The van der Waals surface area contributed by atoms with Gasteiger partial charge in [0.15, 0.2) is 0 Å². The highest BCUT2D eigenvalue weighted by Gasteiger charge is 2.34. The molecule has 4 nitrogen and oxygen atoms in total. The Morgan fingerprint density at radius 3 is 2.53 bits per heavy atom. The Labute approximate surface area is 116 Å². The third-order valence-electron chi connectivity index (χ3n) is 4.71. The second-order valence-electron chi connectivity index (χ2n) is 6.31. The first-order valence-corrected chi connectivity index (χ1v) is 7.92. The maximum atomic E-state index is 12.1. The van der Waals surface area contributed by atoms with E-state index in [9.17, 15) is 4.79 Å². The zero-order valence-corrected chi connectivity index (χ0v) is 11.9. The van der Waals surface area contributed by atoms with Gasteiger partial charge in [-0.05, 0) is 38.0 Å². The van der Waals surface area contributed by atoms with E-state index in [2.05, 4.69) is 9.80 Å². The first-order chi connectivity index (χ1) is 9.33. The number of likely N-dealkylation sites (tertiary alicyclic amines) is 1. The van der Waals surface area contributed by atoms with E-state index >= 15 is 0 Å². The molecule has 0 N–H and O–H groups in total. The molecule has 1 unspecified atom stereocenters. The van der Waals surface area contributed by atoms with E-state index in [-0.39, 0.29) is 0 Å². The molecule has 1 atom stereocenters. The minimum absolute atomic E-state index is 0.385. The van der Waals surface area contributed by atoms with Gasteiger partial charge in [0, 0.05) is 38.6 Å². The van der Waals surface area contributed by atoms with Crippen molar-refractivity contribution in [3.63, 3.8) is 0 Å². The van der Waals surface area contributed by atoms with E-state index in [4.69, 9.17) is 4.74 Å². The molecular formula is C15H26N2O2. The lowest BCUT2D eigenvalue weighted by molar-refractivity contribution is -0.132. The molecule has 1 saturated carbocycles. The average Bonchev–Trinajstić information content (AvgIpc) is 3.27. The van der Waals surface area contributed by atoms with Gasteiger partial charge in [-0.2, -0.15) is 0 Å². The van der Waals surface area contributed by atoms with Crippen molar-refractivity contribution in [1.29, 1.82) is 0 Å². The third kappa shape index (κ3) is 3.69. The van der Waals surface area contributed by atoms with Gasteiger partial charge >= 0.3 is 0 Å². The summed E-state index contributed by atoms with van der Waals surface area (Å²) in [6, 6.07) is 0. The maximum absolute atomic E-state index is 12.1. The number of carbonyl (C=O) groups excluding carboxylic acids is 1. The predicted octanol–water partition coefficient (Wildman–Crippen LogP) is 1.36. The highest BCUT2D eigenvalue weighted by atomic mass is 16.5. The number of hydrogen-bond acceptors (Lipinski definition) is 3. The summed E-state index contributed by atoms with van der Waals surface area (Å²) in [6.07, 6.45) is 5.92. The highest BCUT2D eigenvalue weighted by Crippen LogP contribution is 2.32. The quantitative estimate of drug-likeness (QED) is 0.773. The molecule has 2 heterocycles. The maximum Gasteiger partial charge on any atom is 0.225 e. The molecule has 4 heteroatoms. The number of amides is 1. The first kappa shape index (κ1) is 13.4. The second-order valence-corrected chi connectivity index (χ2v) is 6.31. The van der Waals surface area contributed by atoms with Gasteiger partial charge in [0.25, 0.3) is 0 Å². The largest absolute Gasteiger partial charge is 0.379 e. The minimum Gasteiger partial charge on any atom is -0.379 e. The number of hydrogen-bond donors (Lipinski definition) is 0. The van der Waals surface area contributed by atoms with E-state index in [1.807, 2.05) is 0 Å². The van der Waals surface area contributed by atoms with E-state index in [0.717, 1.165) is 58.2 Å². The zero-order chi connectivity index (χ0) is 13.1. The highest BCUT2D eigenvalue weighted by molar-refractivity contribution is 5.81. The Kier molecular flexibility index (Phi) is 4.38. The fraction of sp³-hybridized carbons (Fsp3) is 0.933. The molecule has 0 aromatic heterocycles. The molecule has 2 aliphatic heterocycles. The Morgan fingerprint density at radius 1 is 1.00 bits per heavy atom. The van der Waals surface area contributed by atoms with Gasteiger partial charge in [-0.25, -0.2) is 0 Å². The number of nitrogens with zero attached hydrogens (tertiary/aromatic N) is 2. The van der Waals surface area contributed by atoms with Gasteiger partial charge < -0.3 is 9.64 Å². The summed E-state index contributed by atoms with van der Waals surface area (Å²) in [5, 5.41) is 0. The SMILES string of the molecule is O=C(C1CC1)N1CCCC(CN2CCOCC2)CC1. The van der Waals surface area contributed by atoms with Gasteiger partial charge in [0.2, 0.25) is 5.91 Å². The predicted molar refractivity (Wildman–Crippen MR) is 73.9 cm³/mol. The van der Waals surface area contributed by atoms with Crippen LogP contribution in [0.4, 0.5) is 0 Å². The van der Waals surface area contributed by atoms with Crippen LogP contribution in [0.5, 0.6) is 0 Å². The van der Waals surface area contributed by atoms with Crippen molar-refractivity contribution in [2.45, 2.75) is 32.1 Å². The monoisotopic (exact) mass is 266 g/mol. The summed E-state index contributed by atoms with van der Waals surface area (Å²) >= 11 is 0. The normalized spacial score (nSPS) is 30.1. The Morgan fingerprint density at radius 2 is 1.79 bits per heavy atom. The van der Waals surface area contributed by atoms with Gasteiger partial charge in [0.1, 0.15) is 0 Å². The van der Waals surface area contributed by atoms with Crippen molar-refractivity contribution < 1.29 is 9.53 Å². The van der Waals surface area contributed by atoms with Crippen molar-refractivity contribution in [1.82, 2.24) is 9.80 Å². The number of rotatable bonds is 3. The van der Waals surface area contributed by atoms with Crippen molar-refractivity contribution in [3.05, 3.63) is 0 Å². The van der Waals surface area contributed by atoms with E-state index in [0.29, 0.717) is 11.8 Å². The third-order valence-corrected chi connectivity index (χ3v) is 4.71. The van der Waals surface area contributed by atoms with Crippen LogP contribution >= 0.6 is 0 Å². The summed E-state index contributed by atoms with van der Waals surface area (Å²) in [5.41, 5.74) is 0. The van der Waals surface area contributed by atoms with E-state index in [1.165, 1.54) is 25.8 Å². The van der Waals surface area contributed by atoms with Gasteiger partial charge in [-0.1, -0.05) is 0 Å². The molecule has 0 aromatic carbocycles. The van der Waals surface area contributed by atoms with Crippen molar-refractivity contribution >= 4 is 5.91 Å². The molecule has 2 saturated heterocycles. The zero-order valence-electron chi connectivity index (χ0n) is 11.9. The smallest absolute Gasteiger partial charge is 0.225 e. The van der Waals surface area contributed by atoms with Gasteiger partial charge in [-0.3, -0.25) is 9.69 Å². The Bertz CT molecular complexity index is 311. The molecular weight excluding hydrogens is 240 g/mol. The lowest BCUT2D eigenvalue weighted by Crippen LogP contribution is -2.39. The summed E-state index contributed by atoms with van der Waals surface area (Å²) in [4.78, 5) is 16.8. The average molecular weight is 266 g/mol. The summed E-state index contributed by atoms with van der Waals surface area (Å²) in [6.45, 7) is 7.13. The van der Waals surface area contributed by atoms with Crippen LogP contribution in [0.25, 0.3) is 0 Å². The van der Waals surface area contributed by atoms with Crippen LogP contribution in [0.15, 0.2) is 0 Å². The standard InChI is InChI=1S/C15H26N2O2/c18-15(14-3-4-14)17-6-1-2-13(5-7-17)12-16-8-10-19-11-9-16/h13-14H,1-12H2. The lowest BCUT2D eigenvalue weighted by Gasteiger charge is -2.30. The van der Waals surface area contributed by atoms with Crippen LogP contribution in [0.2, 0.25) is 0 Å². The van der Waals surface area contributed by atoms with E-state index < -0.39 is 0 Å². The van der Waals surface area contributed by atoms with Crippen LogP contribution in [0.3, 0.4) is 0 Å². The molecule has 1 amide bonds. The van der Waals surface area contributed by atoms with Crippen molar-refractivity contribution in [2.75, 3.05) is 45.9 Å². The molecule has 3 fully saturated rings. The fourth-order valence-electron chi connectivity index (χ4n) is 3.31. The van der Waals surface area contributed by atoms with Crippen LogP contribution in [-0.4, -0.2) is 61.6 Å². The summed E-state index contributed by atoms with van der Waals surface area (Å²) in [7, 11) is 0. The number of ether oxygens (including phenoxy) is 1. The van der Waals surface area contributed by atoms with Gasteiger partial charge in [-0.15, -0.1) is 0 Å². The summed E-state index contributed by atoms with van der Waals surface area (Å²) in [5.74, 6) is 1.60. The molecule has 19 heavy (non-hydrogen) atoms. The molecule has 0 radical (unpaired) electrons. The lowest BCUT2D eigenvalue weighted by atomic mass is 10.00. The van der Waals surface area contributed by atoms with Crippen molar-refractivity contribution in [3.8, 4) is 0 Å². The van der Waals surface area contributed by atoms with Crippen LogP contribution in [0, 0.1) is 11.8 Å². The van der Waals surface area contributed by atoms with E-state index in [1.54, 1.807) is 0 Å². The van der Waals surface area contributed by atoms with Crippen LogP contribution in [0.1, 0.15) is 32.1 Å². The molecule has 0 bridgehead atoms. The number of morpholine rings is 1. The Hall–Kier alpha value is -0.610. The van der Waals surface area contributed by atoms with Crippen LogP contribution < -0.4 is 0 Å². The molecule has 3 aliphatic rings. The fourth-order valence-corrected chi connectivity index (χ4v) is 3.31. The Balaban J connectivity index is 1.45. The summed E-state index contributed by atoms with van der Waals surface area (Å²) < 4.78 is 5.40. The first-order valence-electron chi connectivity index (χ1n) is 7.92.